The second kappa shape index (κ2) is 6.01. The number of hydrogen-bond acceptors (Lipinski definition) is 5. The lowest BCUT2D eigenvalue weighted by Crippen LogP contribution is -2.23. The van der Waals surface area contributed by atoms with Crippen molar-refractivity contribution < 1.29 is 17.6 Å². The Labute approximate surface area is 134 Å². The average molecular weight is 341 g/mol. The van der Waals surface area contributed by atoms with Crippen LogP contribution in [-0.2, 0) is 6.18 Å². The topological polar surface area (TPSA) is 64.4 Å². The van der Waals surface area contributed by atoms with Gasteiger partial charge >= 0.3 is 6.18 Å². The van der Waals surface area contributed by atoms with Gasteiger partial charge < -0.3 is 10.2 Å². The van der Waals surface area contributed by atoms with Crippen LogP contribution in [0.2, 0.25) is 0 Å². The Morgan fingerprint density at radius 3 is 2.87 bits per heavy atom. The molecule has 23 heavy (non-hydrogen) atoms. The van der Waals surface area contributed by atoms with Crippen LogP contribution in [0.5, 0.6) is 0 Å². The molecule has 1 aromatic carbocycles. The van der Waals surface area contributed by atoms with Gasteiger partial charge in [0.25, 0.3) is 0 Å². The minimum Gasteiger partial charge on any atom is -0.435 e. The summed E-state index contributed by atoms with van der Waals surface area (Å²) in [4.78, 5) is 9.40. The largest absolute Gasteiger partial charge is 0.435 e. The van der Waals surface area contributed by atoms with Crippen molar-refractivity contribution >= 4 is 28.6 Å². The summed E-state index contributed by atoms with van der Waals surface area (Å²) in [7, 11) is 0. The monoisotopic (exact) mass is 341 g/mol. The van der Waals surface area contributed by atoms with E-state index in [1.165, 1.54) is 6.07 Å². The van der Waals surface area contributed by atoms with Gasteiger partial charge in [0, 0.05) is 11.3 Å². The first-order valence-electron chi connectivity index (χ1n) is 7.03. The quantitative estimate of drug-likeness (QED) is 0.918. The molecular weight excluding hydrogens is 327 g/mol. The Balaban J connectivity index is 2.04. The number of nitrogens with zero attached hydrogens (tertiary/aromatic N) is 2. The predicted molar refractivity (Wildman–Crippen MR) is 84.4 cm³/mol. The van der Waals surface area contributed by atoms with E-state index in [0.717, 1.165) is 22.8 Å². The summed E-state index contributed by atoms with van der Waals surface area (Å²) in [6.07, 6.45) is -2.24. The molecule has 0 aliphatic carbocycles. The highest BCUT2D eigenvalue weighted by molar-refractivity contribution is 8.04. The zero-order chi connectivity index (χ0) is 16.6. The standard InChI is InChI=1S/C15H14F3N3OS/c1-2-23-11-5-6-12(19)21-13(11)14-20-9-7-8(15(16,17)18)3-4-10(9)22-14/h3-5,7,12H,2,6,19H2,1H3. The van der Waals surface area contributed by atoms with E-state index >= 15 is 0 Å². The highest BCUT2D eigenvalue weighted by Gasteiger charge is 2.31. The Kier molecular flexibility index (Phi) is 4.20. The molecule has 0 spiro atoms. The van der Waals surface area contributed by atoms with E-state index in [-0.39, 0.29) is 17.0 Å². The van der Waals surface area contributed by atoms with Crippen molar-refractivity contribution in [3.05, 3.63) is 40.6 Å². The first-order chi connectivity index (χ1) is 10.9. The third kappa shape index (κ3) is 3.28. The number of aromatic nitrogens is 1. The highest BCUT2D eigenvalue weighted by Crippen LogP contribution is 2.32. The molecule has 1 aliphatic rings. The van der Waals surface area contributed by atoms with E-state index in [9.17, 15) is 13.2 Å². The molecule has 122 valence electrons. The second-order valence-corrected chi connectivity index (χ2v) is 6.29. The number of fused-ring (bicyclic) bond motifs is 1. The van der Waals surface area contributed by atoms with Gasteiger partial charge in [-0.1, -0.05) is 13.0 Å². The molecule has 0 amide bonds. The number of allylic oxidation sites excluding steroid dienone is 1. The molecule has 0 fully saturated rings. The van der Waals surface area contributed by atoms with Crippen molar-refractivity contribution in [1.29, 1.82) is 0 Å². The number of aliphatic imine (C=N–C) groups is 1. The molecule has 1 aromatic heterocycles. The Morgan fingerprint density at radius 2 is 2.17 bits per heavy atom. The summed E-state index contributed by atoms with van der Waals surface area (Å²) in [6, 6.07) is 3.22. The fourth-order valence-electron chi connectivity index (χ4n) is 2.26. The summed E-state index contributed by atoms with van der Waals surface area (Å²) in [5, 5.41) is 0. The smallest absolute Gasteiger partial charge is 0.416 e. The minimum absolute atomic E-state index is 0.150. The predicted octanol–water partition coefficient (Wildman–Crippen LogP) is 3.96. The molecular formula is C15H14F3N3OS. The summed E-state index contributed by atoms with van der Waals surface area (Å²) in [5.74, 6) is 1.03. The minimum atomic E-state index is -4.42. The van der Waals surface area contributed by atoms with Gasteiger partial charge in [0.1, 0.15) is 17.4 Å². The fraction of sp³-hybridized carbons (Fsp3) is 0.333. The molecule has 2 N–H and O–H groups in total. The molecule has 1 unspecified atom stereocenters. The number of oxazole rings is 1. The van der Waals surface area contributed by atoms with Crippen LogP contribution in [0.25, 0.3) is 11.1 Å². The molecule has 4 nitrogen and oxygen atoms in total. The molecule has 2 heterocycles. The first-order valence-corrected chi connectivity index (χ1v) is 8.02. The van der Waals surface area contributed by atoms with Crippen LogP contribution in [0, 0.1) is 0 Å². The lowest BCUT2D eigenvalue weighted by atomic mass is 10.2. The van der Waals surface area contributed by atoms with Crippen molar-refractivity contribution in [2.45, 2.75) is 25.7 Å². The van der Waals surface area contributed by atoms with Crippen LogP contribution in [0.3, 0.4) is 0 Å². The molecule has 2 aromatic rings. The molecule has 0 saturated heterocycles. The van der Waals surface area contributed by atoms with Crippen LogP contribution in [0.15, 0.2) is 38.6 Å². The number of dihydropyridines is 1. The van der Waals surface area contributed by atoms with Crippen molar-refractivity contribution in [3.8, 4) is 0 Å². The highest BCUT2D eigenvalue weighted by atomic mass is 32.2. The SMILES string of the molecule is CCSC1=CCC(N)N=C1c1nc2cc(C(F)(F)F)ccc2o1. The Hall–Kier alpha value is -1.80. The van der Waals surface area contributed by atoms with Gasteiger partial charge in [-0.15, -0.1) is 11.8 Å². The maximum Gasteiger partial charge on any atom is 0.416 e. The Morgan fingerprint density at radius 1 is 1.39 bits per heavy atom. The van der Waals surface area contributed by atoms with Gasteiger partial charge in [-0.05, 0) is 24.0 Å². The molecule has 0 saturated carbocycles. The molecule has 3 rings (SSSR count). The van der Waals surface area contributed by atoms with E-state index in [2.05, 4.69) is 9.98 Å². The van der Waals surface area contributed by atoms with Gasteiger partial charge in [-0.2, -0.15) is 13.2 Å². The number of alkyl halides is 3. The van der Waals surface area contributed by atoms with Crippen molar-refractivity contribution in [3.63, 3.8) is 0 Å². The van der Waals surface area contributed by atoms with Gasteiger partial charge in [0.05, 0.1) is 5.56 Å². The number of thioether (sulfide) groups is 1. The Bertz CT molecular complexity index is 795. The van der Waals surface area contributed by atoms with Gasteiger partial charge in [0.2, 0.25) is 5.89 Å². The summed E-state index contributed by atoms with van der Waals surface area (Å²) in [5.41, 5.74) is 6.02. The molecule has 1 aliphatic heterocycles. The van der Waals surface area contributed by atoms with Crippen LogP contribution in [0.1, 0.15) is 24.8 Å². The van der Waals surface area contributed by atoms with Gasteiger partial charge in [-0.25, -0.2) is 4.98 Å². The maximum atomic E-state index is 12.8. The third-order valence-electron chi connectivity index (χ3n) is 3.29. The average Bonchev–Trinajstić information content (AvgIpc) is 2.91. The van der Waals surface area contributed by atoms with E-state index in [4.69, 9.17) is 10.2 Å². The summed E-state index contributed by atoms with van der Waals surface area (Å²) < 4.78 is 43.9. The molecule has 8 heteroatoms. The van der Waals surface area contributed by atoms with Crippen molar-refractivity contribution in [2.24, 2.45) is 10.7 Å². The lowest BCUT2D eigenvalue weighted by molar-refractivity contribution is -0.137. The number of halogens is 3. The number of rotatable bonds is 3. The zero-order valence-corrected chi connectivity index (χ0v) is 13.0. The number of nitrogens with two attached hydrogens (primary N) is 1. The lowest BCUT2D eigenvalue weighted by Gasteiger charge is -2.15. The number of hydrogen-bond donors (Lipinski definition) is 1. The van der Waals surface area contributed by atoms with E-state index in [1.54, 1.807) is 11.8 Å². The van der Waals surface area contributed by atoms with Crippen LogP contribution >= 0.6 is 11.8 Å². The number of benzene rings is 1. The van der Waals surface area contributed by atoms with Gasteiger partial charge in [-0.3, -0.25) is 4.99 Å². The maximum absolute atomic E-state index is 12.8. The summed E-state index contributed by atoms with van der Waals surface area (Å²) in [6.45, 7) is 2.00. The van der Waals surface area contributed by atoms with Crippen molar-refractivity contribution in [2.75, 3.05) is 5.75 Å². The van der Waals surface area contributed by atoms with Crippen molar-refractivity contribution in [1.82, 2.24) is 4.98 Å². The molecule has 0 radical (unpaired) electrons. The zero-order valence-electron chi connectivity index (χ0n) is 12.2. The van der Waals surface area contributed by atoms with Gasteiger partial charge in [0.15, 0.2) is 5.58 Å². The first kappa shape index (κ1) is 16.1. The summed E-state index contributed by atoms with van der Waals surface area (Å²) >= 11 is 1.57. The van der Waals surface area contributed by atoms with E-state index < -0.39 is 17.9 Å². The fourth-order valence-corrected chi connectivity index (χ4v) is 3.06. The van der Waals surface area contributed by atoms with E-state index in [0.29, 0.717) is 12.1 Å². The second-order valence-electron chi connectivity index (χ2n) is 4.98. The normalized spacial score (nSPS) is 18.9. The third-order valence-corrected chi connectivity index (χ3v) is 4.25. The van der Waals surface area contributed by atoms with Crippen LogP contribution in [0.4, 0.5) is 13.2 Å². The van der Waals surface area contributed by atoms with Crippen LogP contribution in [-0.4, -0.2) is 22.6 Å². The molecule has 0 bridgehead atoms. The molecule has 1 atom stereocenters. The van der Waals surface area contributed by atoms with Crippen LogP contribution < -0.4 is 5.73 Å². The van der Waals surface area contributed by atoms with E-state index in [1.807, 2.05) is 13.0 Å².